The van der Waals surface area contributed by atoms with Gasteiger partial charge in [0.2, 0.25) is 0 Å². The molecule has 3 heteroatoms. The van der Waals surface area contributed by atoms with Gasteiger partial charge in [-0.25, -0.2) is 0 Å². The van der Waals surface area contributed by atoms with Crippen molar-refractivity contribution in [2.75, 3.05) is 7.11 Å². The molecule has 0 aliphatic rings. The Labute approximate surface area is 102 Å². The molecule has 0 saturated carbocycles. The Balaban J connectivity index is 1.98. The molecule has 1 atom stereocenters. The molecule has 0 spiro atoms. The first kappa shape index (κ1) is 11.7. The van der Waals surface area contributed by atoms with Crippen molar-refractivity contribution >= 4 is 0 Å². The summed E-state index contributed by atoms with van der Waals surface area (Å²) in [5, 5.41) is 3.46. The maximum Gasteiger partial charge on any atom is 0.123 e. The molecule has 0 aliphatic carbocycles. The van der Waals surface area contributed by atoms with Crippen LogP contribution in [0.3, 0.4) is 0 Å². The van der Waals surface area contributed by atoms with E-state index in [4.69, 9.17) is 4.74 Å². The van der Waals surface area contributed by atoms with Gasteiger partial charge in [-0.05, 0) is 25.1 Å². The second-order valence-corrected chi connectivity index (χ2v) is 4.04. The predicted molar refractivity (Wildman–Crippen MR) is 69.0 cm³/mol. The van der Waals surface area contributed by atoms with Gasteiger partial charge in [-0.2, -0.15) is 0 Å². The van der Waals surface area contributed by atoms with Crippen LogP contribution in [0.2, 0.25) is 0 Å². The van der Waals surface area contributed by atoms with Gasteiger partial charge in [0, 0.05) is 30.0 Å². The van der Waals surface area contributed by atoms with Crippen molar-refractivity contribution < 1.29 is 4.74 Å². The van der Waals surface area contributed by atoms with Crippen molar-refractivity contribution in [3.63, 3.8) is 0 Å². The van der Waals surface area contributed by atoms with Crippen LogP contribution in [-0.2, 0) is 6.54 Å². The number of aromatic nitrogens is 1. The summed E-state index contributed by atoms with van der Waals surface area (Å²) in [6.45, 7) is 2.94. The van der Waals surface area contributed by atoms with Crippen LogP contribution in [0.25, 0.3) is 0 Å². The van der Waals surface area contributed by atoms with Gasteiger partial charge < -0.3 is 15.0 Å². The lowest BCUT2D eigenvalue weighted by atomic mass is 10.1. The number of rotatable bonds is 5. The van der Waals surface area contributed by atoms with Gasteiger partial charge in [-0.1, -0.05) is 18.2 Å². The third-order valence-corrected chi connectivity index (χ3v) is 2.88. The van der Waals surface area contributed by atoms with Crippen molar-refractivity contribution in [2.24, 2.45) is 0 Å². The van der Waals surface area contributed by atoms with Crippen molar-refractivity contribution in [1.82, 2.24) is 10.3 Å². The van der Waals surface area contributed by atoms with E-state index < -0.39 is 0 Å². The van der Waals surface area contributed by atoms with Gasteiger partial charge in [-0.3, -0.25) is 0 Å². The summed E-state index contributed by atoms with van der Waals surface area (Å²) in [7, 11) is 1.70. The van der Waals surface area contributed by atoms with E-state index in [2.05, 4.69) is 29.4 Å². The summed E-state index contributed by atoms with van der Waals surface area (Å²) in [4.78, 5) is 3.21. The highest BCUT2D eigenvalue weighted by molar-refractivity contribution is 5.33. The highest BCUT2D eigenvalue weighted by Gasteiger charge is 2.07. The van der Waals surface area contributed by atoms with E-state index in [9.17, 15) is 0 Å². The van der Waals surface area contributed by atoms with Gasteiger partial charge in [-0.15, -0.1) is 0 Å². The largest absolute Gasteiger partial charge is 0.496 e. The Morgan fingerprint density at radius 2 is 2.06 bits per heavy atom. The summed E-state index contributed by atoms with van der Waals surface area (Å²) in [6, 6.07) is 12.5. The van der Waals surface area contributed by atoms with Gasteiger partial charge in [0.15, 0.2) is 0 Å². The minimum Gasteiger partial charge on any atom is -0.496 e. The third-order valence-electron chi connectivity index (χ3n) is 2.88. The molecule has 1 heterocycles. The van der Waals surface area contributed by atoms with Crippen LogP contribution in [0.15, 0.2) is 42.6 Å². The molecule has 2 N–H and O–H groups in total. The zero-order chi connectivity index (χ0) is 12.1. The Morgan fingerprint density at radius 3 is 2.76 bits per heavy atom. The zero-order valence-electron chi connectivity index (χ0n) is 10.2. The summed E-state index contributed by atoms with van der Waals surface area (Å²) in [5.41, 5.74) is 2.37. The fourth-order valence-electron chi connectivity index (χ4n) is 1.84. The number of para-hydroxylation sites is 1. The number of hydrogen-bond donors (Lipinski definition) is 2. The lowest BCUT2D eigenvalue weighted by molar-refractivity contribution is 0.406. The number of hydrogen-bond acceptors (Lipinski definition) is 2. The first-order valence-electron chi connectivity index (χ1n) is 5.80. The fraction of sp³-hybridized carbons (Fsp3) is 0.286. The van der Waals surface area contributed by atoms with E-state index in [1.54, 1.807) is 7.11 Å². The zero-order valence-corrected chi connectivity index (χ0v) is 10.2. The number of aromatic amines is 1. The molecule has 1 aromatic heterocycles. The van der Waals surface area contributed by atoms with Gasteiger partial charge >= 0.3 is 0 Å². The van der Waals surface area contributed by atoms with E-state index in [1.807, 2.05) is 30.5 Å². The smallest absolute Gasteiger partial charge is 0.123 e. The monoisotopic (exact) mass is 230 g/mol. The molecule has 0 fully saturated rings. The van der Waals surface area contributed by atoms with Crippen LogP contribution in [0.1, 0.15) is 24.2 Å². The average molecular weight is 230 g/mol. The van der Waals surface area contributed by atoms with Crippen LogP contribution in [0.5, 0.6) is 5.75 Å². The highest BCUT2D eigenvalue weighted by atomic mass is 16.5. The van der Waals surface area contributed by atoms with Gasteiger partial charge in [0.1, 0.15) is 5.75 Å². The standard InChI is InChI=1S/C14H18N2O/c1-11(13-7-5-9-15-13)16-10-12-6-3-4-8-14(12)17-2/h3-9,11,15-16H,10H2,1-2H3. The molecule has 2 aromatic rings. The van der Waals surface area contributed by atoms with Crippen molar-refractivity contribution in [3.05, 3.63) is 53.9 Å². The number of methoxy groups -OCH3 is 1. The number of nitrogens with one attached hydrogen (secondary N) is 2. The Bertz CT molecular complexity index is 451. The maximum atomic E-state index is 5.32. The first-order chi connectivity index (χ1) is 8.31. The van der Waals surface area contributed by atoms with Gasteiger partial charge in [0.05, 0.1) is 7.11 Å². The van der Waals surface area contributed by atoms with E-state index in [0.717, 1.165) is 12.3 Å². The SMILES string of the molecule is COc1ccccc1CNC(C)c1ccc[nH]1. The molecule has 3 nitrogen and oxygen atoms in total. The second-order valence-electron chi connectivity index (χ2n) is 4.04. The number of benzene rings is 1. The third kappa shape index (κ3) is 2.88. The summed E-state index contributed by atoms with van der Waals surface area (Å²) in [5.74, 6) is 0.929. The molecule has 17 heavy (non-hydrogen) atoms. The molecule has 0 aliphatic heterocycles. The second kappa shape index (κ2) is 5.55. The Kier molecular flexibility index (Phi) is 3.83. The Morgan fingerprint density at radius 1 is 1.24 bits per heavy atom. The molecule has 0 amide bonds. The minimum atomic E-state index is 0.301. The summed E-state index contributed by atoms with van der Waals surface area (Å²) >= 11 is 0. The number of ether oxygens (including phenoxy) is 1. The van der Waals surface area contributed by atoms with Crippen LogP contribution in [0, 0.1) is 0 Å². The molecule has 0 saturated heterocycles. The molecule has 0 bridgehead atoms. The molecule has 1 aromatic carbocycles. The van der Waals surface area contributed by atoms with E-state index >= 15 is 0 Å². The lowest BCUT2D eigenvalue weighted by Crippen LogP contribution is -2.18. The van der Waals surface area contributed by atoms with Crippen LogP contribution in [0.4, 0.5) is 0 Å². The highest BCUT2D eigenvalue weighted by Crippen LogP contribution is 2.18. The molecular weight excluding hydrogens is 212 g/mol. The van der Waals surface area contributed by atoms with Crippen LogP contribution in [-0.4, -0.2) is 12.1 Å². The molecular formula is C14H18N2O. The van der Waals surface area contributed by atoms with Crippen LogP contribution < -0.4 is 10.1 Å². The molecule has 2 rings (SSSR count). The van der Waals surface area contributed by atoms with Crippen LogP contribution >= 0.6 is 0 Å². The normalized spacial score (nSPS) is 12.4. The number of H-pyrrole nitrogens is 1. The summed E-state index contributed by atoms with van der Waals surface area (Å²) in [6.07, 6.45) is 1.94. The van der Waals surface area contributed by atoms with Gasteiger partial charge in [0.25, 0.3) is 0 Å². The van der Waals surface area contributed by atoms with Crippen molar-refractivity contribution in [2.45, 2.75) is 19.5 Å². The summed E-state index contributed by atoms with van der Waals surface area (Å²) < 4.78 is 5.32. The topological polar surface area (TPSA) is 37.0 Å². The van der Waals surface area contributed by atoms with Crippen molar-refractivity contribution in [1.29, 1.82) is 0 Å². The quantitative estimate of drug-likeness (QED) is 0.828. The molecule has 90 valence electrons. The predicted octanol–water partition coefficient (Wildman–Crippen LogP) is 2.87. The Hall–Kier alpha value is -1.74. The minimum absolute atomic E-state index is 0.301. The molecule has 1 unspecified atom stereocenters. The molecule has 0 radical (unpaired) electrons. The van der Waals surface area contributed by atoms with E-state index in [-0.39, 0.29) is 0 Å². The van der Waals surface area contributed by atoms with E-state index in [0.29, 0.717) is 6.04 Å². The average Bonchev–Trinajstić information content (AvgIpc) is 2.90. The fourth-order valence-corrected chi connectivity index (χ4v) is 1.84. The van der Waals surface area contributed by atoms with E-state index in [1.165, 1.54) is 11.3 Å². The van der Waals surface area contributed by atoms with Crippen molar-refractivity contribution in [3.8, 4) is 5.75 Å². The first-order valence-corrected chi connectivity index (χ1v) is 5.80. The lowest BCUT2D eigenvalue weighted by Gasteiger charge is -2.14. The maximum absolute atomic E-state index is 5.32.